The van der Waals surface area contributed by atoms with Crippen LogP contribution < -0.4 is 9.80 Å². The average Bonchev–Trinajstić information content (AvgIpc) is 4.22. The monoisotopic (exact) mass is 978 g/mol. The summed E-state index contributed by atoms with van der Waals surface area (Å²) in [5.74, 6) is 0. The van der Waals surface area contributed by atoms with Crippen LogP contribution in [0.1, 0.15) is 22.3 Å². The summed E-state index contributed by atoms with van der Waals surface area (Å²) in [7, 11) is 0. The SMILES string of the molecule is c1ccc(-c2ccc(N(c3ccc(-c4ccccc4)cc3)c3ccc(-c4ccc(N(c5ccc(-c6ccccc6)cc5)c5cc6c7c(ccc8cccc(c87)C67c6ccccc6-c6ccccc67)c5)cc4)cc3)cc2)cc1. The van der Waals surface area contributed by atoms with E-state index in [1.54, 1.807) is 0 Å². The molecule has 0 aliphatic heterocycles. The van der Waals surface area contributed by atoms with Crippen molar-refractivity contribution in [2.24, 2.45) is 0 Å². The van der Waals surface area contributed by atoms with Crippen LogP contribution in [0.3, 0.4) is 0 Å². The Labute approximate surface area is 449 Å². The van der Waals surface area contributed by atoms with Crippen molar-refractivity contribution in [2.45, 2.75) is 5.41 Å². The molecule has 0 heterocycles. The molecule has 0 aromatic heterocycles. The van der Waals surface area contributed by atoms with Crippen LogP contribution in [0.15, 0.2) is 303 Å². The quantitative estimate of drug-likeness (QED) is 0.126. The summed E-state index contributed by atoms with van der Waals surface area (Å²) in [4.78, 5) is 4.80. The fourth-order valence-electron chi connectivity index (χ4n) is 12.7. The largest absolute Gasteiger partial charge is 0.311 e. The molecule has 0 radical (unpaired) electrons. The summed E-state index contributed by atoms with van der Waals surface area (Å²) < 4.78 is 0. The molecule has 360 valence electrons. The van der Waals surface area contributed by atoms with Gasteiger partial charge in [0.25, 0.3) is 0 Å². The molecule has 1 spiro atoms. The van der Waals surface area contributed by atoms with Crippen LogP contribution in [0.2, 0.25) is 0 Å². The third-order valence-electron chi connectivity index (χ3n) is 16.2. The summed E-state index contributed by atoms with van der Waals surface area (Å²) in [6.45, 7) is 0. The Kier molecular flexibility index (Phi) is 10.5. The van der Waals surface area contributed by atoms with E-state index in [0.29, 0.717) is 0 Å². The fourth-order valence-corrected chi connectivity index (χ4v) is 12.7. The Balaban J connectivity index is 0.829. The Bertz CT molecular complexity index is 4190. The molecule has 13 aromatic carbocycles. The maximum atomic E-state index is 2.51. The summed E-state index contributed by atoms with van der Waals surface area (Å²) >= 11 is 0. The van der Waals surface area contributed by atoms with Crippen LogP contribution in [-0.4, -0.2) is 0 Å². The average molecular weight is 979 g/mol. The van der Waals surface area contributed by atoms with Gasteiger partial charge in [-0.2, -0.15) is 0 Å². The molecular formula is C75H50N2. The zero-order valence-electron chi connectivity index (χ0n) is 42.3. The fraction of sp³-hybridized carbons (Fsp3) is 0.0133. The number of hydrogen-bond donors (Lipinski definition) is 0. The van der Waals surface area contributed by atoms with Crippen molar-refractivity contribution in [2.75, 3.05) is 9.80 Å². The van der Waals surface area contributed by atoms with Crippen LogP contribution in [0.25, 0.3) is 77.2 Å². The van der Waals surface area contributed by atoms with E-state index in [0.717, 1.165) is 45.3 Å². The zero-order chi connectivity index (χ0) is 50.9. The van der Waals surface area contributed by atoms with Crippen LogP contribution in [0.5, 0.6) is 0 Å². The van der Waals surface area contributed by atoms with Crippen LogP contribution in [0.4, 0.5) is 34.1 Å². The maximum absolute atomic E-state index is 2.51. The van der Waals surface area contributed by atoms with Gasteiger partial charge in [-0.05, 0) is 172 Å². The lowest BCUT2D eigenvalue weighted by Gasteiger charge is -2.32. The van der Waals surface area contributed by atoms with Crippen molar-refractivity contribution >= 4 is 55.7 Å². The lowest BCUT2D eigenvalue weighted by molar-refractivity contribution is 0.797. The van der Waals surface area contributed by atoms with Gasteiger partial charge in [0.1, 0.15) is 0 Å². The summed E-state index contributed by atoms with van der Waals surface area (Å²) in [6, 6.07) is 112. The molecule has 15 rings (SSSR count). The third kappa shape index (κ3) is 7.25. The van der Waals surface area contributed by atoms with Crippen molar-refractivity contribution in [3.8, 4) is 55.6 Å². The first-order valence-electron chi connectivity index (χ1n) is 26.6. The number of benzene rings is 13. The molecule has 13 aromatic rings. The third-order valence-corrected chi connectivity index (χ3v) is 16.2. The Morgan fingerprint density at radius 1 is 0.195 bits per heavy atom. The molecule has 0 bridgehead atoms. The summed E-state index contributed by atoms with van der Waals surface area (Å²) in [5.41, 5.74) is 23.6. The highest BCUT2D eigenvalue weighted by atomic mass is 15.1. The number of rotatable bonds is 10. The van der Waals surface area contributed by atoms with Crippen molar-refractivity contribution in [3.05, 3.63) is 326 Å². The minimum absolute atomic E-state index is 0.462. The number of hydrogen-bond acceptors (Lipinski definition) is 2. The second-order valence-electron chi connectivity index (χ2n) is 20.4. The molecule has 2 aliphatic rings. The van der Waals surface area contributed by atoms with E-state index in [9.17, 15) is 0 Å². The van der Waals surface area contributed by atoms with Gasteiger partial charge >= 0.3 is 0 Å². The standard InChI is InChI=1S/C75H50N2/c1-4-15-51(16-5-1)54-29-39-61(40-30-54)76(62-41-31-55(32-42-62)52-17-6-2-7-18-52)63-43-35-57(36-44-63)58-37-47-65(48-38-58)77(64-45-33-56(34-46-64)53-19-8-3-9-20-53)66-49-60-28-27-59-21-14-26-71-73(59)74(60)72(50-66)75(71)69-24-12-10-22-67(69)68-23-11-13-25-70(68)75/h1-50H. The van der Waals surface area contributed by atoms with E-state index >= 15 is 0 Å². The lowest BCUT2D eigenvalue weighted by atomic mass is 9.70. The molecule has 0 unspecified atom stereocenters. The predicted molar refractivity (Wildman–Crippen MR) is 323 cm³/mol. The highest BCUT2D eigenvalue weighted by Gasteiger charge is 2.51. The minimum Gasteiger partial charge on any atom is -0.311 e. The molecule has 0 saturated heterocycles. The van der Waals surface area contributed by atoms with Crippen LogP contribution >= 0.6 is 0 Å². The van der Waals surface area contributed by atoms with Gasteiger partial charge in [-0.1, -0.05) is 231 Å². The summed E-state index contributed by atoms with van der Waals surface area (Å²) in [5, 5.41) is 5.23. The molecule has 0 fully saturated rings. The van der Waals surface area contributed by atoms with Gasteiger partial charge in [0.15, 0.2) is 0 Å². The molecule has 77 heavy (non-hydrogen) atoms. The van der Waals surface area contributed by atoms with Gasteiger partial charge in [-0.15, -0.1) is 0 Å². The topological polar surface area (TPSA) is 6.48 Å². The first kappa shape index (κ1) is 44.5. The normalized spacial score (nSPS) is 12.5. The zero-order valence-corrected chi connectivity index (χ0v) is 42.3. The van der Waals surface area contributed by atoms with E-state index in [1.165, 1.54) is 88.3 Å². The molecule has 0 atom stereocenters. The molecule has 0 amide bonds. The van der Waals surface area contributed by atoms with Gasteiger partial charge in [0, 0.05) is 34.1 Å². The van der Waals surface area contributed by atoms with E-state index in [1.807, 2.05) is 0 Å². The summed E-state index contributed by atoms with van der Waals surface area (Å²) in [6.07, 6.45) is 0. The van der Waals surface area contributed by atoms with Gasteiger partial charge in [0.05, 0.1) is 5.41 Å². The minimum atomic E-state index is -0.462. The van der Waals surface area contributed by atoms with Crippen molar-refractivity contribution in [1.29, 1.82) is 0 Å². The Morgan fingerprint density at radius 2 is 0.506 bits per heavy atom. The lowest BCUT2D eigenvalue weighted by Crippen LogP contribution is -2.26. The molecule has 2 aliphatic carbocycles. The first-order chi connectivity index (χ1) is 38.2. The Morgan fingerprint density at radius 3 is 0.909 bits per heavy atom. The van der Waals surface area contributed by atoms with Gasteiger partial charge < -0.3 is 9.80 Å². The second kappa shape index (κ2) is 18.1. The number of fused-ring (bicyclic) bond motifs is 7. The van der Waals surface area contributed by atoms with E-state index in [-0.39, 0.29) is 0 Å². The van der Waals surface area contributed by atoms with Crippen molar-refractivity contribution in [3.63, 3.8) is 0 Å². The molecule has 2 nitrogen and oxygen atoms in total. The highest BCUT2D eigenvalue weighted by molar-refractivity contribution is 6.18. The molecule has 2 heteroatoms. The number of anilines is 6. The molecular weight excluding hydrogens is 929 g/mol. The van der Waals surface area contributed by atoms with Crippen molar-refractivity contribution in [1.82, 2.24) is 0 Å². The van der Waals surface area contributed by atoms with Gasteiger partial charge in [-0.25, -0.2) is 0 Å². The second-order valence-corrected chi connectivity index (χ2v) is 20.4. The van der Waals surface area contributed by atoms with Crippen LogP contribution in [0, 0.1) is 0 Å². The maximum Gasteiger partial charge on any atom is 0.0726 e. The van der Waals surface area contributed by atoms with E-state index < -0.39 is 5.41 Å². The van der Waals surface area contributed by atoms with Gasteiger partial charge in [-0.3, -0.25) is 0 Å². The van der Waals surface area contributed by atoms with E-state index in [2.05, 4.69) is 313 Å². The Hall–Kier alpha value is -10.0. The highest BCUT2D eigenvalue weighted by Crippen LogP contribution is 2.63. The molecule has 0 N–H and O–H groups in total. The van der Waals surface area contributed by atoms with E-state index in [4.69, 9.17) is 0 Å². The molecule has 0 saturated carbocycles. The number of nitrogens with zero attached hydrogens (tertiary/aromatic N) is 2. The van der Waals surface area contributed by atoms with Crippen LogP contribution in [-0.2, 0) is 5.41 Å². The smallest absolute Gasteiger partial charge is 0.0726 e. The van der Waals surface area contributed by atoms with Gasteiger partial charge in [0.2, 0.25) is 0 Å². The first-order valence-corrected chi connectivity index (χ1v) is 26.6. The predicted octanol–water partition coefficient (Wildman–Crippen LogP) is 20.3. The van der Waals surface area contributed by atoms with Crippen molar-refractivity contribution < 1.29 is 0 Å².